The number of fused-ring (bicyclic) bond motifs is 1. The molecule has 2 aromatic rings. The van der Waals surface area contributed by atoms with Crippen molar-refractivity contribution in [2.24, 2.45) is 5.92 Å². The van der Waals surface area contributed by atoms with Crippen molar-refractivity contribution in [2.45, 2.75) is 13.0 Å². The summed E-state index contributed by atoms with van der Waals surface area (Å²) in [4.78, 5) is 6.97. The number of nitrogens with zero attached hydrogens (tertiary/aromatic N) is 2. The van der Waals surface area contributed by atoms with E-state index in [1.807, 2.05) is 25.2 Å². The molecule has 1 saturated heterocycles. The minimum absolute atomic E-state index is 0.640. The Balaban J connectivity index is 1.76. The van der Waals surface area contributed by atoms with Crippen molar-refractivity contribution in [1.29, 1.82) is 0 Å². The van der Waals surface area contributed by atoms with Gasteiger partial charge in [0.15, 0.2) is 0 Å². The van der Waals surface area contributed by atoms with Crippen LogP contribution in [-0.2, 0) is 6.54 Å². The molecule has 0 aliphatic carbocycles. The molecule has 3 nitrogen and oxygen atoms in total. The maximum atomic E-state index is 6.33. The van der Waals surface area contributed by atoms with Gasteiger partial charge in [-0.05, 0) is 44.6 Å². The Morgan fingerprint density at radius 3 is 3.10 bits per heavy atom. The van der Waals surface area contributed by atoms with E-state index in [9.17, 15) is 0 Å². The quantitative estimate of drug-likeness (QED) is 0.877. The molecule has 2 heterocycles. The van der Waals surface area contributed by atoms with E-state index < -0.39 is 0 Å². The summed E-state index contributed by atoms with van der Waals surface area (Å²) in [5, 5.41) is 5.07. The highest BCUT2D eigenvalue weighted by molar-refractivity contribution is 6.30. The lowest BCUT2D eigenvalue weighted by Crippen LogP contribution is -2.24. The molecule has 1 aromatic heterocycles. The van der Waals surface area contributed by atoms with Crippen LogP contribution >= 0.6 is 11.6 Å². The Morgan fingerprint density at radius 1 is 1.40 bits per heavy atom. The lowest BCUT2D eigenvalue weighted by Gasteiger charge is -2.17. The molecule has 20 heavy (non-hydrogen) atoms. The van der Waals surface area contributed by atoms with Gasteiger partial charge in [0.1, 0.15) is 5.15 Å². The molecule has 0 amide bonds. The second-order valence-corrected chi connectivity index (χ2v) is 5.94. The van der Waals surface area contributed by atoms with Crippen molar-refractivity contribution < 1.29 is 0 Å². The highest BCUT2D eigenvalue weighted by Gasteiger charge is 2.22. The smallest absolute Gasteiger partial charge is 0.134 e. The molecule has 1 unspecified atom stereocenters. The van der Waals surface area contributed by atoms with Crippen molar-refractivity contribution in [3.05, 3.63) is 41.0 Å². The maximum absolute atomic E-state index is 6.33. The standard InChI is InChI=1S/C16H20ClN3/c1-18-9-12-6-7-20(10-12)11-14-8-13-4-2-3-5-15(13)19-16(14)17/h2-5,8,12,18H,6-7,9-11H2,1H3. The molecule has 106 valence electrons. The Bertz CT molecular complexity index is 599. The molecule has 1 N–H and O–H groups in total. The second kappa shape index (κ2) is 6.08. The molecule has 0 bridgehead atoms. The zero-order chi connectivity index (χ0) is 13.9. The lowest BCUT2D eigenvalue weighted by atomic mass is 10.1. The van der Waals surface area contributed by atoms with Crippen LogP contribution in [0.1, 0.15) is 12.0 Å². The number of pyridine rings is 1. The number of hydrogen-bond donors (Lipinski definition) is 1. The Morgan fingerprint density at radius 2 is 2.25 bits per heavy atom. The summed E-state index contributed by atoms with van der Waals surface area (Å²) in [5.74, 6) is 0.757. The van der Waals surface area contributed by atoms with Crippen LogP contribution < -0.4 is 5.32 Å². The molecule has 4 heteroatoms. The summed E-state index contributed by atoms with van der Waals surface area (Å²) in [6.07, 6.45) is 1.26. The van der Waals surface area contributed by atoms with E-state index in [2.05, 4.69) is 27.3 Å². The van der Waals surface area contributed by atoms with Crippen LogP contribution in [0.2, 0.25) is 5.15 Å². The molecule has 1 atom stereocenters. The van der Waals surface area contributed by atoms with Gasteiger partial charge in [0.2, 0.25) is 0 Å². The number of likely N-dealkylation sites (tertiary alicyclic amines) is 1. The highest BCUT2D eigenvalue weighted by Crippen LogP contribution is 2.24. The fourth-order valence-electron chi connectivity index (χ4n) is 3.00. The molecule has 1 aliphatic heterocycles. The van der Waals surface area contributed by atoms with Crippen molar-refractivity contribution >= 4 is 22.5 Å². The van der Waals surface area contributed by atoms with Crippen molar-refractivity contribution in [3.63, 3.8) is 0 Å². The van der Waals surface area contributed by atoms with E-state index >= 15 is 0 Å². The first-order valence-corrected chi connectivity index (χ1v) is 7.55. The van der Waals surface area contributed by atoms with Gasteiger partial charge in [-0.2, -0.15) is 0 Å². The third kappa shape index (κ3) is 2.95. The third-order valence-electron chi connectivity index (χ3n) is 4.01. The highest BCUT2D eigenvalue weighted by atomic mass is 35.5. The van der Waals surface area contributed by atoms with Gasteiger partial charge in [-0.3, -0.25) is 4.90 Å². The van der Waals surface area contributed by atoms with Crippen molar-refractivity contribution in [1.82, 2.24) is 15.2 Å². The normalized spacial score (nSPS) is 19.8. The number of aromatic nitrogens is 1. The zero-order valence-electron chi connectivity index (χ0n) is 11.8. The van der Waals surface area contributed by atoms with Crippen LogP contribution in [0.15, 0.2) is 30.3 Å². The average Bonchev–Trinajstić information content (AvgIpc) is 2.87. The lowest BCUT2D eigenvalue weighted by molar-refractivity contribution is 0.315. The number of hydrogen-bond acceptors (Lipinski definition) is 3. The summed E-state index contributed by atoms with van der Waals surface area (Å²) >= 11 is 6.33. The Hall–Kier alpha value is -1.16. The van der Waals surface area contributed by atoms with E-state index in [1.54, 1.807) is 0 Å². The summed E-state index contributed by atoms with van der Waals surface area (Å²) in [6.45, 7) is 4.29. The van der Waals surface area contributed by atoms with E-state index in [1.165, 1.54) is 6.42 Å². The average molecular weight is 290 g/mol. The number of halogens is 1. The van der Waals surface area contributed by atoms with Crippen LogP contribution in [-0.4, -0.2) is 36.6 Å². The van der Waals surface area contributed by atoms with E-state index in [-0.39, 0.29) is 0 Å². The van der Waals surface area contributed by atoms with Gasteiger partial charge in [0, 0.05) is 24.0 Å². The van der Waals surface area contributed by atoms with Gasteiger partial charge in [0.25, 0.3) is 0 Å². The summed E-state index contributed by atoms with van der Waals surface area (Å²) < 4.78 is 0. The van der Waals surface area contributed by atoms with Gasteiger partial charge >= 0.3 is 0 Å². The first-order chi connectivity index (χ1) is 9.76. The number of benzene rings is 1. The van der Waals surface area contributed by atoms with Crippen LogP contribution in [0.25, 0.3) is 10.9 Å². The van der Waals surface area contributed by atoms with Gasteiger partial charge in [-0.25, -0.2) is 4.98 Å². The summed E-state index contributed by atoms with van der Waals surface area (Å²) in [7, 11) is 2.02. The molecule has 1 aliphatic rings. The third-order valence-corrected chi connectivity index (χ3v) is 4.33. The van der Waals surface area contributed by atoms with Crippen LogP contribution in [0.4, 0.5) is 0 Å². The number of rotatable bonds is 4. The van der Waals surface area contributed by atoms with Crippen LogP contribution in [0.5, 0.6) is 0 Å². The van der Waals surface area contributed by atoms with Crippen molar-refractivity contribution in [3.8, 4) is 0 Å². The molecule has 1 aromatic carbocycles. The SMILES string of the molecule is CNCC1CCN(Cc2cc3ccccc3nc2Cl)C1. The molecular weight excluding hydrogens is 270 g/mol. The monoisotopic (exact) mass is 289 g/mol. The fourth-order valence-corrected chi connectivity index (χ4v) is 3.21. The fraction of sp³-hybridized carbons (Fsp3) is 0.438. The Labute approximate surface area is 124 Å². The van der Waals surface area contributed by atoms with Gasteiger partial charge in [-0.1, -0.05) is 29.8 Å². The molecule has 0 spiro atoms. The first kappa shape index (κ1) is 13.8. The Kier molecular flexibility index (Phi) is 4.20. The minimum Gasteiger partial charge on any atom is -0.319 e. The largest absolute Gasteiger partial charge is 0.319 e. The molecule has 3 rings (SSSR count). The van der Waals surface area contributed by atoms with E-state index in [0.717, 1.165) is 48.6 Å². The maximum Gasteiger partial charge on any atom is 0.134 e. The van der Waals surface area contributed by atoms with Crippen LogP contribution in [0, 0.1) is 5.92 Å². The summed E-state index contributed by atoms with van der Waals surface area (Å²) in [6, 6.07) is 10.3. The van der Waals surface area contributed by atoms with E-state index in [0.29, 0.717) is 5.15 Å². The van der Waals surface area contributed by atoms with E-state index in [4.69, 9.17) is 11.6 Å². The topological polar surface area (TPSA) is 28.2 Å². The predicted molar refractivity (Wildman–Crippen MR) is 84.1 cm³/mol. The zero-order valence-corrected chi connectivity index (χ0v) is 12.5. The van der Waals surface area contributed by atoms with Crippen LogP contribution in [0.3, 0.4) is 0 Å². The number of nitrogens with one attached hydrogen (secondary N) is 1. The van der Waals surface area contributed by atoms with Gasteiger partial charge in [0.05, 0.1) is 5.52 Å². The second-order valence-electron chi connectivity index (χ2n) is 5.58. The van der Waals surface area contributed by atoms with Crippen molar-refractivity contribution in [2.75, 3.05) is 26.7 Å². The van der Waals surface area contributed by atoms with Gasteiger partial charge < -0.3 is 5.32 Å². The molecular formula is C16H20ClN3. The molecule has 1 fully saturated rings. The summed E-state index contributed by atoms with van der Waals surface area (Å²) in [5.41, 5.74) is 2.10. The van der Waals surface area contributed by atoms with Gasteiger partial charge in [-0.15, -0.1) is 0 Å². The minimum atomic E-state index is 0.640. The number of para-hydroxylation sites is 1. The molecule has 0 saturated carbocycles. The first-order valence-electron chi connectivity index (χ1n) is 7.17. The molecule has 0 radical (unpaired) electrons. The predicted octanol–water partition coefficient (Wildman–Crippen LogP) is 2.93.